The van der Waals surface area contributed by atoms with Crippen LogP contribution in [-0.4, -0.2) is 23.4 Å². The van der Waals surface area contributed by atoms with Crippen LogP contribution in [0.2, 0.25) is 0 Å². The van der Waals surface area contributed by atoms with Crippen molar-refractivity contribution in [2.24, 2.45) is 0 Å². The van der Waals surface area contributed by atoms with E-state index in [1.807, 2.05) is 6.07 Å². The molecule has 19 heavy (non-hydrogen) atoms. The van der Waals surface area contributed by atoms with E-state index in [0.717, 1.165) is 11.6 Å². The molecule has 98 valence electrons. The van der Waals surface area contributed by atoms with Gasteiger partial charge >= 0.3 is 0 Å². The first-order valence-electron chi connectivity index (χ1n) is 5.57. The number of halogens is 1. The van der Waals surface area contributed by atoms with Crippen molar-refractivity contribution in [3.05, 3.63) is 47.5 Å². The first-order valence-corrected chi connectivity index (χ1v) is 5.57. The zero-order chi connectivity index (χ0) is 13.7. The van der Waals surface area contributed by atoms with Crippen LogP contribution in [0.1, 0.15) is 15.9 Å². The summed E-state index contributed by atoms with van der Waals surface area (Å²) in [5.41, 5.74) is 0.979. The van der Waals surface area contributed by atoms with Gasteiger partial charge in [-0.25, -0.2) is 14.4 Å². The number of hydrogen-bond donors (Lipinski definition) is 1. The lowest BCUT2D eigenvalue weighted by Crippen LogP contribution is -2.06. The van der Waals surface area contributed by atoms with Crippen LogP contribution in [-0.2, 0) is 6.54 Å². The Kier molecular flexibility index (Phi) is 4.02. The molecule has 0 unspecified atom stereocenters. The van der Waals surface area contributed by atoms with E-state index in [-0.39, 0.29) is 11.4 Å². The summed E-state index contributed by atoms with van der Waals surface area (Å²) < 4.78 is 18.7. The summed E-state index contributed by atoms with van der Waals surface area (Å²) in [5, 5.41) is 2.83. The molecule has 0 saturated heterocycles. The molecule has 0 radical (unpaired) electrons. The lowest BCUT2D eigenvalue weighted by atomic mass is 10.2. The molecule has 6 heteroatoms. The Bertz CT molecular complexity index is 590. The van der Waals surface area contributed by atoms with Crippen molar-refractivity contribution < 1.29 is 13.9 Å². The minimum atomic E-state index is -0.576. The number of nitrogens with one attached hydrogen (secondary N) is 1. The maximum Gasteiger partial charge on any atom is 0.218 e. The standard InChI is InChI=1S/C13H12FN3O2/c1-19-13-10(3-2-4-15-13)7-17-12-11(14)5-9(8-18)6-16-12/h2-6,8H,7H2,1H3,(H,16,17). The Morgan fingerprint density at radius 3 is 3.00 bits per heavy atom. The number of nitrogens with zero attached hydrogens (tertiary/aromatic N) is 2. The molecule has 2 aromatic heterocycles. The molecule has 1 N–H and O–H groups in total. The van der Waals surface area contributed by atoms with Crippen LogP contribution in [0.25, 0.3) is 0 Å². The number of pyridine rings is 2. The fourth-order valence-electron chi connectivity index (χ4n) is 1.57. The molecule has 2 rings (SSSR count). The maximum absolute atomic E-state index is 13.6. The molecule has 5 nitrogen and oxygen atoms in total. The van der Waals surface area contributed by atoms with Crippen LogP contribution in [0.3, 0.4) is 0 Å². The van der Waals surface area contributed by atoms with Crippen molar-refractivity contribution in [1.29, 1.82) is 0 Å². The molecule has 0 amide bonds. The van der Waals surface area contributed by atoms with Gasteiger partial charge < -0.3 is 10.1 Å². The third-order valence-electron chi connectivity index (χ3n) is 2.49. The Balaban J connectivity index is 2.12. The Morgan fingerprint density at radius 1 is 1.47 bits per heavy atom. The van der Waals surface area contributed by atoms with Crippen LogP contribution < -0.4 is 10.1 Å². The van der Waals surface area contributed by atoms with E-state index in [9.17, 15) is 9.18 Å². The van der Waals surface area contributed by atoms with Crippen molar-refractivity contribution in [1.82, 2.24) is 9.97 Å². The molecule has 0 atom stereocenters. The zero-order valence-corrected chi connectivity index (χ0v) is 10.3. The van der Waals surface area contributed by atoms with Gasteiger partial charge in [-0.15, -0.1) is 0 Å². The van der Waals surface area contributed by atoms with Gasteiger partial charge in [-0.3, -0.25) is 4.79 Å². The van der Waals surface area contributed by atoms with Crippen LogP contribution in [0.4, 0.5) is 10.2 Å². The Hall–Kier alpha value is -2.50. The van der Waals surface area contributed by atoms with E-state index in [2.05, 4.69) is 15.3 Å². The highest BCUT2D eigenvalue weighted by atomic mass is 19.1. The van der Waals surface area contributed by atoms with Crippen molar-refractivity contribution in [2.45, 2.75) is 6.54 Å². The molecule has 2 aromatic rings. The van der Waals surface area contributed by atoms with E-state index < -0.39 is 5.82 Å². The summed E-state index contributed by atoms with van der Waals surface area (Å²) in [4.78, 5) is 18.4. The first kappa shape index (κ1) is 12.9. The molecule has 0 fully saturated rings. The van der Waals surface area contributed by atoms with E-state index in [0.29, 0.717) is 18.7 Å². The molecule has 0 spiro atoms. The van der Waals surface area contributed by atoms with Crippen molar-refractivity contribution >= 4 is 12.1 Å². The number of hydrogen-bond acceptors (Lipinski definition) is 5. The predicted octanol–water partition coefficient (Wildman–Crippen LogP) is 2.05. The minimum absolute atomic E-state index is 0.0801. The fourth-order valence-corrected chi connectivity index (χ4v) is 1.57. The topological polar surface area (TPSA) is 64.1 Å². The average Bonchev–Trinajstić information content (AvgIpc) is 2.46. The van der Waals surface area contributed by atoms with Gasteiger partial charge in [0.05, 0.1) is 7.11 Å². The Morgan fingerprint density at radius 2 is 2.32 bits per heavy atom. The normalized spacial score (nSPS) is 10.0. The summed E-state index contributed by atoms with van der Waals surface area (Å²) >= 11 is 0. The third-order valence-corrected chi connectivity index (χ3v) is 2.49. The summed E-state index contributed by atoms with van der Waals surface area (Å²) in [5.74, 6) is -0.0242. The molecular formula is C13H12FN3O2. The molecule has 2 heterocycles. The van der Waals surface area contributed by atoms with Crippen molar-refractivity contribution in [3.8, 4) is 5.88 Å². The first-order chi connectivity index (χ1) is 9.24. The maximum atomic E-state index is 13.6. The number of ether oxygens (including phenoxy) is 1. The second-order valence-electron chi connectivity index (χ2n) is 3.74. The van der Waals surface area contributed by atoms with Crippen LogP contribution in [0.15, 0.2) is 30.6 Å². The number of carbonyl (C=O) groups excluding carboxylic acids is 1. The van der Waals surface area contributed by atoms with E-state index >= 15 is 0 Å². The minimum Gasteiger partial charge on any atom is -0.481 e. The lowest BCUT2D eigenvalue weighted by molar-refractivity contribution is 0.112. The summed E-state index contributed by atoms with van der Waals surface area (Å²) in [6.45, 7) is 0.321. The monoisotopic (exact) mass is 261 g/mol. The summed E-state index contributed by atoms with van der Waals surface area (Å²) in [7, 11) is 1.52. The zero-order valence-electron chi connectivity index (χ0n) is 10.3. The van der Waals surface area contributed by atoms with Gasteiger partial charge in [0.2, 0.25) is 5.88 Å². The van der Waals surface area contributed by atoms with Gasteiger partial charge in [0, 0.05) is 30.1 Å². The number of anilines is 1. The highest BCUT2D eigenvalue weighted by Gasteiger charge is 2.07. The number of aromatic nitrogens is 2. The largest absolute Gasteiger partial charge is 0.481 e. The predicted molar refractivity (Wildman–Crippen MR) is 67.7 cm³/mol. The van der Waals surface area contributed by atoms with Gasteiger partial charge in [-0.2, -0.15) is 0 Å². The lowest BCUT2D eigenvalue weighted by Gasteiger charge is -2.09. The average molecular weight is 261 g/mol. The molecule has 0 aliphatic heterocycles. The number of rotatable bonds is 5. The quantitative estimate of drug-likeness (QED) is 0.834. The highest BCUT2D eigenvalue weighted by molar-refractivity contribution is 5.74. The van der Waals surface area contributed by atoms with Crippen molar-refractivity contribution in [3.63, 3.8) is 0 Å². The van der Waals surface area contributed by atoms with E-state index in [1.165, 1.54) is 13.3 Å². The highest BCUT2D eigenvalue weighted by Crippen LogP contribution is 2.17. The van der Waals surface area contributed by atoms with Crippen LogP contribution >= 0.6 is 0 Å². The van der Waals surface area contributed by atoms with E-state index in [4.69, 9.17) is 4.74 Å². The molecule has 0 aromatic carbocycles. The molecule has 0 saturated carbocycles. The molecule has 0 aliphatic carbocycles. The molecule has 0 aliphatic rings. The number of carbonyl (C=O) groups is 1. The SMILES string of the molecule is COc1ncccc1CNc1ncc(C=O)cc1F. The second kappa shape index (κ2) is 5.90. The van der Waals surface area contributed by atoms with Crippen LogP contribution in [0, 0.1) is 5.82 Å². The smallest absolute Gasteiger partial charge is 0.218 e. The third kappa shape index (κ3) is 3.04. The number of methoxy groups -OCH3 is 1. The second-order valence-corrected chi connectivity index (χ2v) is 3.74. The van der Waals surface area contributed by atoms with Gasteiger partial charge in [0.1, 0.15) is 0 Å². The summed E-state index contributed by atoms with van der Waals surface area (Å²) in [6.07, 6.45) is 3.46. The summed E-state index contributed by atoms with van der Waals surface area (Å²) in [6, 6.07) is 4.71. The van der Waals surface area contributed by atoms with Gasteiger partial charge in [0.25, 0.3) is 0 Å². The van der Waals surface area contributed by atoms with E-state index in [1.54, 1.807) is 12.3 Å². The van der Waals surface area contributed by atoms with Crippen LogP contribution in [0.5, 0.6) is 5.88 Å². The number of aldehydes is 1. The van der Waals surface area contributed by atoms with Crippen molar-refractivity contribution in [2.75, 3.05) is 12.4 Å². The Labute approximate surface area is 109 Å². The fraction of sp³-hybridized carbons (Fsp3) is 0.154. The molecule has 0 bridgehead atoms. The molecular weight excluding hydrogens is 249 g/mol. The van der Waals surface area contributed by atoms with Gasteiger partial charge in [-0.1, -0.05) is 6.07 Å². The van der Waals surface area contributed by atoms with Gasteiger partial charge in [-0.05, 0) is 12.1 Å². The van der Waals surface area contributed by atoms with Gasteiger partial charge in [0.15, 0.2) is 17.9 Å².